The molecular formula is C31H34N4O8. The Hall–Kier alpha value is -4.97. The summed E-state index contributed by atoms with van der Waals surface area (Å²) >= 11 is 0. The fourth-order valence-electron chi connectivity index (χ4n) is 4.55. The molecule has 2 heterocycles. The lowest BCUT2D eigenvalue weighted by atomic mass is 10.0. The molecule has 0 aliphatic carbocycles. The van der Waals surface area contributed by atoms with E-state index in [0.29, 0.717) is 60.9 Å². The van der Waals surface area contributed by atoms with Gasteiger partial charge in [0.25, 0.3) is 11.8 Å². The number of hydrogen-bond acceptors (Lipinski definition) is 8. The van der Waals surface area contributed by atoms with Gasteiger partial charge < -0.3 is 34.5 Å². The van der Waals surface area contributed by atoms with Crippen molar-refractivity contribution in [2.75, 3.05) is 58.1 Å². The monoisotopic (exact) mass is 590 g/mol. The summed E-state index contributed by atoms with van der Waals surface area (Å²) in [5.74, 6) is -0.418. The molecule has 12 heteroatoms. The number of aliphatic imine (C=N–C) groups is 1. The lowest BCUT2D eigenvalue weighted by Crippen LogP contribution is -2.42. The van der Waals surface area contributed by atoms with Crippen LogP contribution in [0, 0.1) is 0 Å². The molecule has 12 nitrogen and oxygen atoms in total. The van der Waals surface area contributed by atoms with Crippen LogP contribution < -0.4 is 10.6 Å². The standard InChI is InChI=1S/C31H34N4O8/c1-3-16-42-31(39)33-29(32)23-9-11-24(12-10-23)35-19-25(40-2)28(30(35)38)22-7-4-21(5-8-22)6-13-27(37)43-20-26(36)34-14-17-41-18-15-34/h3-5,7-12H,1,6,13-20H2,2H3,(H2,32,33,39). The SMILES string of the molecule is C=CCOC(=O)N=C(N)c1ccc(N2CC(OC)=C(c3ccc(CCC(=O)OCC(=O)N4CCOCC4)cc3)C2=O)cc1. The average molecular weight is 591 g/mol. The number of anilines is 1. The van der Waals surface area contributed by atoms with Crippen LogP contribution in [0.4, 0.5) is 10.5 Å². The molecular weight excluding hydrogens is 556 g/mol. The van der Waals surface area contributed by atoms with Crippen LogP contribution in [0.2, 0.25) is 0 Å². The van der Waals surface area contributed by atoms with E-state index in [9.17, 15) is 19.2 Å². The Morgan fingerprint density at radius 2 is 1.74 bits per heavy atom. The predicted octanol–water partition coefficient (Wildman–Crippen LogP) is 2.45. The third kappa shape index (κ3) is 8.07. The molecule has 0 saturated carbocycles. The van der Waals surface area contributed by atoms with Crippen LogP contribution in [0.5, 0.6) is 0 Å². The topological polar surface area (TPSA) is 150 Å². The number of rotatable bonds is 11. The van der Waals surface area contributed by atoms with E-state index in [4.69, 9.17) is 24.7 Å². The molecule has 2 aliphatic rings. The summed E-state index contributed by atoms with van der Waals surface area (Å²) in [5.41, 5.74) is 9.02. The summed E-state index contributed by atoms with van der Waals surface area (Å²) in [6, 6.07) is 14.0. The normalized spacial score (nSPS) is 15.4. The minimum atomic E-state index is -0.823. The van der Waals surface area contributed by atoms with Crippen molar-refractivity contribution in [1.82, 2.24) is 4.90 Å². The van der Waals surface area contributed by atoms with Crippen LogP contribution in [0.3, 0.4) is 0 Å². The van der Waals surface area contributed by atoms with Crippen molar-refractivity contribution in [2.24, 2.45) is 10.7 Å². The van der Waals surface area contributed by atoms with E-state index >= 15 is 0 Å². The highest BCUT2D eigenvalue weighted by Gasteiger charge is 2.33. The first-order valence-corrected chi connectivity index (χ1v) is 13.7. The average Bonchev–Trinajstić information content (AvgIpc) is 3.38. The fourth-order valence-corrected chi connectivity index (χ4v) is 4.55. The number of esters is 1. The van der Waals surface area contributed by atoms with E-state index in [0.717, 1.165) is 5.56 Å². The number of amides is 3. The number of hydrogen-bond donors (Lipinski definition) is 1. The highest BCUT2D eigenvalue weighted by Crippen LogP contribution is 2.32. The number of aryl methyl sites for hydroxylation is 1. The first-order chi connectivity index (χ1) is 20.8. The van der Waals surface area contributed by atoms with E-state index in [1.54, 1.807) is 34.1 Å². The van der Waals surface area contributed by atoms with Crippen LogP contribution in [0.15, 0.2) is 71.9 Å². The zero-order valence-corrected chi connectivity index (χ0v) is 24.0. The van der Waals surface area contributed by atoms with Gasteiger partial charge in [0, 0.05) is 30.8 Å². The Bertz CT molecular complexity index is 1410. The number of morpholine rings is 1. The minimum Gasteiger partial charge on any atom is -0.498 e. The number of ether oxygens (including phenoxy) is 4. The summed E-state index contributed by atoms with van der Waals surface area (Å²) in [5, 5.41) is 0. The number of methoxy groups -OCH3 is 1. The van der Waals surface area contributed by atoms with Crippen molar-refractivity contribution >= 4 is 41.0 Å². The van der Waals surface area contributed by atoms with Gasteiger partial charge in [0.1, 0.15) is 18.2 Å². The maximum absolute atomic E-state index is 13.5. The summed E-state index contributed by atoms with van der Waals surface area (Å²) in [6.07, 6.45) is 1.15. The maximum atomic E-state index is 13.5. The molecule has 1 saturated heterocycles. The van der Waals surface area contributed by atoms with Gasteiger partial charge in [-0.1, -0.05) is 36.9 Å². The second-order valence-electron chi connectivity index (χ2n) is 9.65. The molecule has 2 aromatic rings. The van der Waals surface area contributed by atoms with E-state index < -0.39 is 12.1 Å². The van der Waals surface area contributed by atoms with Gasteiger partial charge in [0.15, 0.2) is 6.61 Å². The predicted molar refractivity (Wildman–Crippen MR) is 158 cm³/mol. The van der Waals surface area contributed by atoms with Crippen molar-refractivity contribution in [3.05, 3.63) is 83.6 Å². The molecule has 0 atom stereocenters. The van der Waals surface area contributed by atoms with Gasteiger partial charge in [-0.2, -0.15) is 4.99 Å². The minimum absolute atomic E-state index is 0.0143. The zero-order chi connectivity index (χ0) is 30.8. The smallest absolute Gasteiger partial charge is 0.435 e. The van der Waals surface area contributed by atoms with Crippen LogP contribution in [-0.2, 0) is 39.8 Å². The second kappa shape index (κ2) is 14.8. The highest BCUT2D eigenvalue weighted by molar-refractivity contribution is 6.29. The second-order valence-corrected chi connectivity index (χ2v) is 9.65. The van der Waals surface area contributed by atoms with E-state index in [-0.39, 0.29) is 43.8 Å². The van der Waals surface area contributed by atoms with Gasteiger partial charge in [-0.25, -0.2) is 4.79 Å². The number of benzene rings is 2. The van der Waals surface area contributed by atoms with Crippen LogP contribution in [-0.4, -0.2) is 87.8 Å². The molecule has 0 spiro atoms. The molecule has 4 rings (SSSR count). The first kappa shape index (κ1) is 31.0. The molecule has 0 bridgehead atoms. The molecule has 0 radical (unpaired) electrons. The first-order valence-electron chi connectivity index (χ1n) is 13.7. The van der Waals surface area contributed by atoms with E-state index in [2.05, 4.69) is 11.6 Å². The molecule has 2 aromatic carbocycles. The Balaban J connectivity index is 1.33. The number of carbonyl (C=O) groups excluding carboxylic acids is 4. The van der Waals surface area contributed by atoms with Crippen LogP contribution in [0.1, 0.15) is 23.1 Å². The Morgan fingerprint density at radius 3 is 2.40 bits per heavy atom. The lowest BCUT2D eigenvalue weighted by Gasteiger charge is -2.26. The largest absolute Gasteiger partial charge is 0.498 e. The maximum Gasteiger partial charge on any atom is 0.435 e. The molecule has 2 aliphatic heterocycles. The lowest BCUT2D eigenvalue weighted by molar-refractivity contribution is -0.153. The van der Waals surface area contributed by atoms with Crippen molar-refractivity contribution in [2.45, 2.75) is 12.8 Å². The van der Waals surface area contributed by atoms with Gasteiger partial charge in [-0.3, -0.25) is 14.4 Å². The van der Waals surface area contributed by atoms with Crippen LogP contribution >= 0.6 is 0 Å². The number of nitrogens with two attached hydrogens (primary N) is 1. The third-order valence-corrected chi connectivity index (χ3v) is 6.88. The van der Waals surface area contributed by atoms with Crippen LogP contribution in [0.25, 0.3) is 5.57 Å². The summed E-state index contributed by atoms with van der Waals surface area (Å²) in [4.78, 5) is 56.4. The molecule has 2 N–H and O–H groups in total. The highest BCUT2D eigenvalue weighted by atomic mass is 16.5. The molecule has 43 heavy (non-hydrogen) atoms. The molecule has 1 fully saturated rings. The quantitative estimate of drug-likeness (QED) is 0.180. The van der Waals surface area contributed by atoms with Gasteiger partial charge in [-0.15, -0.1) is 0 Å². The molecule has 3 amide bonds. The van der Waals surface area contributed by atoms with Crippen molar-refractivity contribution in [1.29, 1.82) is 0 Å². The third-order valence-electron chi connectivity index (χ3n) is 6.88. The van der Waals surface area contributed by atoms with Crippen molar-refractivity contribution in [3.63, 3.8) is 0 Å². The van der Waals surface area contributed by atoms with Crippen molar-refractivity contribution in [3.8, 4) is 0 Å². The van der Waals surface area contributed by atoms with Gasteiger partial charge in [0.05, 0.1) is 32.4 Å². The summed E-state index contributed by atoms with van der Waals surface area (Å²) in [7, 11) is 1.52. The van der Waals surface area contributed by atoms with E-state index in [1.807, 2.05) is 24.3 Å². The van der Waals surface area contributed by atoms with Gasteiger partial charge in [0.2, 0.25) is 0 Å². The summed E-state index contributed by atoms with van der Waals surface area (Å²) < 4.78 is 20.7. The van der Waals surface area contributed by atoms with Gasteiger partial charge >= 0.3 is 12.1 Å². The summed E-state index contributed by atoms with van der Waals surface area (Å²) in [6.45, 7) is 5.41. The Kier molecular flexibility index (Phi) is 10.6. The number of carbonyl (C=O) groups is 4. The zero-order valence-electron chi connectivity index (χ0n) is 24.0. The molecule has 226 valence electrons. The fraction of sp³-hybridized carbons (Fsp3) is 0.323. The van der Waals surface area contributed by atoms with Gasteiger partial charge in [-0.05, 0) is 41.8 Å². The Morgan fingerprint density at radius 1 is 1.05 bits per heavy atom. The number of nitrogens with zero attached hydrogens (tertiary/aromatic N) is 3. The molecule has 0 unspecified atom stereocenters. The molecule has 0 aromatic heterocycles. The Labute approximate surface area is 249 Å². The van der Waals surface area contributed by atoms with Crippen molar-refractivity contribution < 1.29 is 38.1 Å². The van der Waals surface area contributed by atoms with E-state index in [1.165, 1.54) is 13.2 Å². The number of amidine groups is 1.